The van der Waals surface area contributed by atoms with Crippen LogP contribution in [0.5, 0.6) is 0 Å². The molecule has 2 heteroatoms. The van der Waals surface area contributed by atoms with Gasteiger partial charge in [-0.3, -0.25) is 4.90 Å². The summed E-state index contributed by atoms with van der Waals surface area (Å²) in [4.78, 5) is 2.62. The molecule has 0 aromatic heterocycles. The van der Waals surface area contributed by atoms with Gasteiger partial charge >= 0.3 is 0 Å². The molecule has 1 rings (SSSR count). The Bertz CT molecular complexity index is 227. The van der Waals surface area contributed by atoms with Crippen LogP contribution in [0.1, 0.15) is 41.0 Å². The number of allylic oxidation sites excluding steroid dienone is 1. The molecule has 0 aromatic rings. The first-order chi connectivity index (χ1) is 7.45. The number of piperazine rings is 1. The van der Waals surface area contributed by atoms with E-state index in [0.717, 1.165) is 6.54 Å². The average Bonchev–Trinajstić information content (AvgIpc) is 2.19. The van der Waals surface area contributed by atoms with Gasteiger partial charge < -0.3 is 5.32 Å². The predicted octanol–water partition coefficient (Wildman–Crippen LogP) is 2.66. The summed E-state index contributed by atoms with van der Waals surface area (Å²) in [7, 11) is 0. The molecular formula is C14H28N2. The van der Waals surface area contributed by atoms with Crippen LogP contribution in [0.4, 0.5) is 0 Å². The maximum atomic E-state index is 3.67. The molecule has 1 fully saturated rings. The number of rotatable bonds is 3. The second kappa shape index (κ2) is 5.83. The zero-order valence-corrected chi connectivity index (χ0v) is 11.6. The lowest BCUT2D eigenvalue weighted by atomic mass is 9.85. The molecule has 1 aliphatic rings. The van der Waals surface area contributed by atoms with E-state index in [1.807, 2.05) is 0 Å². The highest BCUT2D eigenvalue weighted by atomic mass is 15.2. The quantitative estimate of drug-likeness (QED) is 0.741. The molecule has 2 nitrogen and oxygen atoms in total. The average molecular weight is 224 g/mol. The van der Waals surface area contributed by atoms with Crippen molar-refractivity contribution < 1.29 is 0 Å². The van der Waals surface area contributed by atoms with Crippen LogP contribution in [0.15, 0.2) is 12.2 Å². The number of hydrogen-bond donors (Lipinski definition) is 1. The van der Waals surface area contributed by atoms with Crippen LogP contribution < -0.4 is 5.32 Å². The third kappa shape index (κ3) is 3.91. The maximum absolute atomic E-state index is 3.67. The Balaban J connectivity index is 2.48. The molecule has 1 heterocycles. The maximum Gasteiger partial charge on any atom is 0.0244 e. The summed E-state index contributed by atoms with van der Waals surface area (Å²) in [6.07, 6.45) is 5.59. The van der Waals surface area contributed by atoms with Crippen LogP contribution in [0.25, 0.3) is 0 Å². The van der Waals surface area contributed by atoms with Crippen molar-refractivity contribution in [2.45, 2.75) is 53.1 Å². The smallest absolute Gasteiger partial charge is 0.0244 e. The van der Waals surface area contributed by atoms with Crippen LogP contribution >= 0.6 is 0 Å². The largest absolute Gasteiger partial charge is 0.311 e. The third-order valence-electron chi connectivity index (χ3n) is 3.56. The standard InChI is InChI=1S/C14H28N2/c1-6-7-8-9-16-11-13(14(3,4)5)15-10-12(16)2/h6-7,12-13,15H,8-11H2,1-5H3/b7-6+. The van der Waals surface area contributed by atoms with Crippen LogP contribution in [-0.2, 0) is 0 Å². The first-order valence-electron chi connectivity index (χ1n) is 6.53. The van der Waals surface area contributed by atoms with Crippen molar-refractivity contribution >= 4 is 0 Å². The summed E-state index contributed by atoms with van der Waals surface area (Å²) in [5.74, 6) is 0. The van der Waals surface area contributed by atoms with Gasteiger partial charge in [0.25, 0.3) is 0 Å². The van der Waals surface area contributed by atoms with Gasteiger partial charge in [0, 0.05) is 31.7 Å². The Kier molecular flexibility index (Phi) is 5.00. The number of hydrogen-bond acceptors (Lipinski definition) is 2. The van der Waals surface area contributed by atoms with E-state index in [9.17, 15) is 0 Å². The van der Waals surface area contributed by atoms with Gasteiger partial charge in [0.2, 0.25) is 0 Å². The molecule has 0 aliphatic carbocycles. The lowest BCUT2D eigenvalue weighted by Gasteiger charge is -2.44. The highest BCUT2D eigenvalue weighted by molar-refractivity contribution is 4.91. The van der Waals surface area contributed by atoms with E-state index in [4.69, 9.17) is 0 Å². The summed E-state index contributed by atoms with van der Waals surface area (Å²) in [6.45, 7) is 14.9. The molecule has 0 saturated carbocycles. The molecule has 0 amide bonds. The van der Waals surface area contributed by atoms with Crippen molar-refractivity contribution in [3.8, 4) is 0 Å². The van der Waals surface area contributed by atoms with Crippen molar-refractivity contribution in [1.82, 2.24) is 10.2 Å². The normalized spacial score (nSPS) is 28.8. The summed E-state index contributed by atoms with van der Waals surface area (Å²) in [5, 5.41) is 3.67. The molecule has 2 unspecified atom stereocenters. The SMILES string of the molecule is C/C=C/CCN1CC(C(C)(C)C)NCC1C. The Morgan fingerprint density at radius 2 is 2.06 bits per heavy atom. The van der Waals surface area contributed by atoms with E-state index in [1.54, 1.807) is 0 Å². The van der Waals surface area contributed by atoms with Gasteiger partial charge in [-0.05, 0) is 25.7 Å². The van der Waals surface area contributed by atoms with Gasteiger partial charge in [-0.15, -0.1) is 0 Å². The van der Waals surface area contributed by atoms with Crippen molar-refractivity contribution in [1.29, 1.82) is 0 Å². The second-order valence-corrected chi connectivity index (χ2v) is 6.03. The fraction of sp³-hybridized carbons (Fsp3) is 0.857. The molecule has 1 N–H and O–H groups in total. The lowest BCUT2D eigenvalue weighted by Crippen LogP contribution is -2.59. The molecule has 1 saturated heterocycles. The highest BCUT2D eigenvalue weighted by Gasteiger charge is 2.31. The van der Waals surface area contributed by atoms with Gasteiger partial charge in [0.1, 0.15) is 0 Å². The van der Waals surface area contributed by atoms with E-state index in [2.05, 4.69) is 57.0 Å². The van der Waals surface area contributed by atoms with Gasteiger partial charge in [-0.2, -0.15) is 0 Å². The zero-order valence-electron chi connectivity index (χ0n) is 11.6. The van der Waals surface area contributed by atoms with Crippen molar-refractivity contribution in [3.63, 3.8) is 0 Å². The Labute approximate surface area is 101 Å². The van der Waals surface area contributed by atoms with Gasteiger partial charge in [0.15, 0.2) is 0 Å². The highest BCUT2D eigenvalue weighted by Crippen LogP contribution is 2.23. The van der Waals surface area contributed by atoms with Gasteiger partial charge in [0.05, 0.1) is 0 Å². The fourth-order valence-corrected chi connectivity index (χ4v) is 2.22. The molecular weight excluding hydrogens is 196 g/mol. The molecule has 94 valence electrons. The Morgan fingerprint density at radius 3 is 2.62 bits per heavy atom. The minimum Gasteiger partial charge on any atom is -0.311 e. The van der Waals surface area contributed by atoms with Crippen LogP contribution in [0.3, 0.4) is 0 Å². The fourth-order valence-electron chi connectivity index (χ4n) is 2.22. The summed E-state index contributed by atoms with van der Waals surface area (Å²) in [6, 6.07) is 1.29. The van der Waals surface area contributed by atoms with E-state index >= 15 is 0 Å². The molecule has 1 aliphatic heterocycles. The number of nitrogens with zero attached hydrogens (tertiary/aromatic N) is 1. The van der Waals surface area contributed by atoms with Gasteiger partial charge in [-0.25, -0.2) is 0 Å². The monoisotopic (exact) mass is 224 g/mol. The lowest BCUT2D eigenvalue weighted by molar-refractivity contribution is 0.0954. The summed E-state index contributed by atoms with van der Waals surface area (Å²) >= 11 is 0. The summed E-state index contributed by atoms with van der Waals surface area (Å²) in [5.41, 5.74) is 0.360. The molecule has 16 heavy (non-hydrogen) atoms. The minimum atomic E-state index is 0.360. The first kappa shape index (κ1) is 13.7. The minimum absolute atomic E-state index is 0.360. The predicted molar refractivity (Wildman–Crippen MR) is 71.7 cm³/mol. The second-order valence-electron chi connectivity index (χ2n) is 6.03. The van der Waals surface area contributed by atoms with Crippen molar-refractivity contribution in [3.05, 3.63) is 12.2 Å². The molecule has 0 aromatic carbocycles. The van der Waals surface area contributed by atoms with Crippen LogP contribution in [-0.4, -0.2) is 36.6 Å². The Hall–Kier alpha value is -0.340. The van der Waals surface area contributed by atoms with Crippen LogP contribution in [0.2, 0.25) is 0 Å². The van der Waals surface area contributed by atoms with E-state index in [1.165, 1.54) is 19.5 Å². The van der Waals surface area contributed by atoms with E-state index in [0.29, 0.717) is 17.5 Å². The van der Waals surface area contributed by atoms with Crippen molar-refractivity contribution in [2.75, 3.05) is 19.6 Å². The molecule has 2 atom stereocenters. The van der Waals surface area contributed by atoms with Gasteiger partial charge in [-0.1, -0.05) is 32.9 Å². The first-order valence-corrected chi connectivity index (χ1v) is 6.53. The van der Waals surface area contributed by atoms with E-state index in [-0.39, 0.29) is 0 Å². The molecule has 0 spiro atoms. The zero-order chi connectivity index (χ0) is 12.2. The molecule has 0 bridgehead atoms. The molecule has 0 radical (unpaired) electrons. The Morgan fingerprint density at radius 1 is 1.38 bits per heavy atom. The number of nitrogens with one attached hydrogen (secondary N) is 1. The van der Waals surface area contributed by atoms with Crippen LogP contribution in [0, 0.1) is 5.41 Å². The topological polar surface area (TPSA) is 15.3 Å². The third-order valence-corrected chi connectivity index (χ3v) is 3.56. The summed E-state index contributed by atoms with van der Waals surface area (Å²) < 4.78 is 0. The van der Waals surface area contributed by atoms with E-state index < -0.39 is 0 Å². The van der Waals surface area contributed by atoms with Crippen molar-refractivity contribution in [2.24, 2.45) is 5.41 Å².